The average molecular weight is 268 g/mol. The van der Waals surface area contributed by atoms with Crippen LogP contribution in [0.3, 0.4) is 0 Å². The van der Waals surface area contributed by atoms with Gasteiger partial charge < -0.3 is 10.6 Å². The minimum absolute atomic E-state index is 0.0746. The Labute approximate surface area is 120 Å². The van der Waals surface area contributed by atoms with E-state index in [-0.39, 0.29) is 5.91 Å². The number of anilines is 2. The van der Waals surface area contributed by atoms with Gasteiger partial charge in [-0.05, 0) is 54.8 Å². The molecule has 0 spiro atoms. The lowest BCUT2D eigenvalue weighted by Crippen LogP contribution is -2.13. The Morgan fingerprint density at radius 2 is 1.70 bits per heavy atom. The van der Waals surface area contributed by atoms with E-state index in [0.29, 0.717) is 5.56 Å². The highest BCUT2D eigenvalue weighted by atomic mass is 16.1. The molecule has 0 atom stereocenters. The van der Waals surface area contributed by atoms with Crippen molar-refractivity contribution in [2.45, 2.75) is 20.3 Å². The molecule has 2 N–H and O–H groups in total. The van der Waals surface area contributed by atoms with E-state index in [1.807, 2.05) is 56.4 Å². The minimum atomic E-state index is -0.0746. The van der Waals surface area contributed by atoms with Gasteiger partial charge in [0, 0.05) is 24.0 Å². The first-order valence-corrected chi connectivity index (χ1v) is 6.82. The summed E-state index contributed by atoms with van der Waals surface area (Å²) in [6.07, 6.45) is 0.999. The number of hydrogen-bond acceptors (Lipinski definition) is 2. The van der Waals surface area contributed by atoms with E-state index >= 15 is 0 Å². The van der Waals surface area contributed by atoms with Crippen LogP contribution in [0.1, 0.15) is 28.4 Å². The van der Waals surface area contributed by atoms with Gasteiger partial charge in [-0.25, -0.2) is 0 Å². The topological polar surface area (TPSA) is 41.1 Å². The van der Waals surface area contributed by atoms with Crippen LogP contribution in [0.5, 0.6) is 0 Å². The van der Waals surface area contributed by atoms with Gasteiger partial charge in [-0.2, -0.15) is 0 Å². The van der Waals surface area contributed by atoms with Crippen molar-refractivity contribution in [2.75, 3.05) is 17.7 Å². The van der Waals surface area contributed by atoms with E-state index in [9.17, 15) is 4.79 Å². The number of aryl methyl sites for hydroxylation is 2. The second-order valence-corrected chi connectivity index (χ2v) is 4.78. The molecular formula is C17H20N2O. The van der Waals surface area contributed by atoms with Crippen molar-refractivity contribution in [3.8, 4) is 0 Å². The van der Waals surface area contributed by atoms with Gasteiger partial charge in [0.05, 0.1) is 0 Å². The Bertz CT molecular complexity index is 603. The van der Waals surface area contributed by atoms with Gasteiger partial charge in [0.1, 0.15) is 0 Å². The van der Waals surface area contributed by atoms with E-state index in [0.717, 1.165) is 23.4 Å². The molecule has 0 fully saturated rings. The summed E-state index contributed by atoms with van der Waals surface area (Å²) in [5.41, 5.74) is 4.75. The lowest BCUT2D eigenvalue weighted by Gasteiger charge is -2.10. The number of carbonyl (C=O) groups excluding carboxylic acids is 1. The number of amides is 1. The number of carbonyl (C=O) groups is 1. The van der Waals surface area contributed by atoms with Crippen LogP contribution in [-0.2, 0) is 6.42 Å². The number of rotatable bonds is 4. The third-order valence-electron chi connectivity index (χ3n) is 3.38. The van der Waals surface area contributed by atoms with Crippen molar-refractivity contribution in [2.24, 2.45) is 0 Å². The van der Waals surface area contributed by atoms with Crippen molar-refractivity contribution >= 4 is 17.3 Å². The van der Waals surface area contributed by atoms with Crippen LogP contribution in [0, 0.1) is 6.92 Å². The number of benzene rings is 2. The first-order valence-electron chi connectivity index (χ1n) is 6.82. The largest absolute Gasteiger partial charge is 0.388 e. The molecule has 0 aliphatic heterocycles. The van der Waals surface area contributed by atoms with Crippen LogP contribution >= 0.6 is 0 Å². The molecule has 0 unspecified atom stereocenters. The third kappa shape index (κ3) is 3.18. The molecule has 0 heterocycles. The van der Waals surface area contributed by atoms with Crippen LogP contribution in [0.15, 0.2) is 42.5 Å². The van der Waals surface area contributed by atoms with Crippen LogP contribution in [0.4, 0.5) is 11.4 Å². The highest BCUT2D eigenvalue weighted by Gasteiger charge is 2.09. The van der Waals surface area contributed by atoms with Gasteiger partial charge in [-0.15, -0.1) is 0 Å². The lowest BCUT2D eigenvalue weighted by atomic mass is 10.1. The summed E-state index contributed by atoms with van der Waals surface area (Å²) in [7, 11) is 1.86. The molecule has 0 aliphatic rings. The van der Waals surface area contributed by atoms with E-state index in [1.54, 1.807) is 0 Å². The Hall–Kier alpha value is -2.29. The van der Waals surface area contributed by atoms with Gasteiger partial charge in [-0.3, -0.25) is 4.79 Å². The fourth-order valence-electron chi connectivity index (χ4n) is 2.10. The summed E-state index contributed by atoms with van der Waals surface area (Å²) < 4.78 is 0. The zero-order chi connectivity index (χ0) is 14.5. The van der Waals surface area contributed by atoms with Crippen molar-refractivity contribution in [3.63, 3.8) is 0 Å². The molecule has 0 saturated carbocycles. The van der Waals surface area contributed by atoms with Crippen LogP contribution < -0.4 is 10.6 Å². The molecule has 2 aromatic carbocycles. The number of hydrogen-bond donors (Lipinski definition) is 2. The predicted molar refractivity (Wildman–Crippen MR) is 84.5 cm³/mol. The lowest BCUT2D eigenvalue weighted by molar-refractivity contribution is 0.102. The van der Waals surface area contributed by atoms with E-state index in [4.69, 9.17) is 0 Å². The van der Waals surface area contributed by atoms with E-state index < -0.39 is 0 Å². The van der Waals surface area contributed by atoms with Crippen LogP contribution in [0.25, 0.3) is 0 Å². The maximum absolute atomic E-state index is 12.3. The van der Waals surface area contributed by atoms with Crippen molar-refractivity contribution < 1.29 is 4.79 Å². The minimum Gasteiger partial charge on any atom is -0.388 e. The third-order valence-corrected chi connectivity index (χ3v) is 3.38. The molecule has 1 amide bonds. The van der Waals surface area contributed by atoms with Gasteiger partial charge in [0.2, 0.25) is 0 Å². The first-order chi connectivity index (χ1) is 9.63. The molecule has 0 bridgehead atoms. The van der Waals surface area contributed by atoms with Crippen LogP contribution in [0.2, 0.25) is 0 Å². The maximum atomic E-state index is 12.3. The summed E-state index contributed by atoms with van der Waals surface area (Å²) in [5.74, 6) is -0.0746. The Morgan fingerprint density at radius 3 is 2.25 bits per heavy atom. The van der Waals surface area contributed by atoms with Gasteiger partial charge in [0.15, 0.2) is 0 Å². The zero-order valence-electron chi connectivity index (χ0n) is 12.2. The quantitative estimate of drug-likeness (QED) is 0.884. The Morgan fingerprint density at radius 1 is 1.05 bits per heavy atom. The second kappa shape index (κ2) is 6.24. The van der Waals surface area contributed by atoms with Crippen molar-refractivity contribution in [1.29, 1.82) is 0 Å². The summed E-state index contributed by atoms with van der Waals surface area (Å²) >= 11 is 0. The van der Waals surface area contributed by atoms with Gasteiger partial charge >= 0.3 is 0 Å². The molecule has 0 radical (unpaired) electrons. The summed E-state index contributed by atoms with van der Waals surface area (Å²) in [6, 6.07) is 13.7. The molecule has 2 rings (SSSR count). The van der Waals surface area contributed by atoms with Crippen LogP contribution in [-0.4, -0.2) is 13.0 Å². The zero-order valence-corrected chi connectivity index (χ0v) is 12.2. The van der Waals surface area contributed by atoms with E-state index in [2.05, 4.69) is 17.6 Å². The van der Waals surface area contributed by atoms with Gasteiger partial charge in [0.25, 0.3) is 5.91 Å². The number of nitrogens with one attached hydrogen (secondary N) is 2. The highest BCUT2D eigenvalue weighted by Crippen LogP contribution is 2.17. The summed E-state index contributed by atoms with van der Waals surface area (Å²) in [4.78, 5) is 12.3. The normalized spacial score (nSPS) is 10.2. The second-order valence-electron chi connectivity index (χ2n) is 4.78. The molecule has 2 aromatic rings. The molecule has 0 saturated heterocycles. The molecule has 3 heteroatoms. The fraction of sp³-hybridized carbons (Fsp3) is 0.235. The smallest absolute Gasteiger partial charge is 0.255 e. The van der Waals surface area contributed by atoms with Gasteiger partial charge in [-0.1, -0.05) is 19.1 Å². The molecule has 3 nitrogen and oxygen atoms in total. The summed E-state index contributed by atoms with van der Waals surface area (Å²) in [5, 5.41) is 5.99. The monoisotopic (exact) mass is 268 g/mol. The first kappa shape index (κ1) is 14.1. The standard InChI is InChI=1S/C17H20N2O/c1-4-13-5-7-14(8-6-13)19-17(20)16-10-9-15(18-3)11-12(16)2/h5-11,18H,4H2,1-3H3,(H,19,20). The predicted octanol–water partition coefficient (Wildman–Crippen LogP) is 3.85. The highest BCUT2D eigenvalue weighted by molar-refractivity contribution is 6.05. The molecule has 104 valence electrons. The van der Waals surface area contributed by atoms with Crippen molar-refractivity contribution in [3.05, 3.63) is 59.2 Å². The fourth-order valence-corrected chi connectivity index (χ4v) is 2.10. The Kier molecular flexibility index (Phi) is 4.41. The van der Waals surface area contributed by atoms with Crippen molar-refractivity contribution in [1.82, 2.24) is 0 Å². The molecule has 0 aromatic heterocycles. The molecular weight excluding hydrogens is 248 g/mol. The van der Waals surface area contributed by atoms with E-state index in [1.165, 1.54) is 5.56 Å². The summed E-state index contributed by atoms with van der Waals surface area (Å²) in [6.45, 7) is 4.05. The average Bonchev–Trinajstić information content (AvgIpc) is 2.47. The SMILES string of the molecule is CCc1ccc(NC(=O)c2ccc(NC)cc2C)cc1. The Balaban J connectivity index is 2.14. The maximum Gasteiger partial charge on any atom is 0.255 e. The molecule has 0 aliphatic carbocycles. The molecule has 20 heavy (non-hydrogen) atoms.